The lowest BCUT2D eigenvalue weighted by atomic mass is 10.1. The molecule has 1 fully saturated rings. The maximum absolute atomic E-state index is 11.7. The topological polar surface area (TPSA) is 92.5 Å². The van der Waals surface area contributed by atoms with Crippen LogP contribution in [0.5, 0.6) is 0 Å². The maximum atomic E-state index is 11.7. The molecular formula is C13H16ClN3O3S. The molecule has 1 saturated heterocycles. The molecule has 1 amide bonds. The first-order valence-electron chi connectivity index (χ1n) is 6.65. The van der Waals surface area contributed by atoms with E-state index in [-0.39, 0.29) is 23.5 Å². The summed E-state index contributed by atoms with van der Waals surface area (Å²) in [5.41, 5.74) is 7.83. The third-order valence-electron chi connectivity index (χ3n) is 3.97. The molecule has 3 N–H and O–H groups in total. The number of hydrogen-bond acceptors (Lipinski definition) is 5. The number of nitrogens with two attached hydrogens (primary N) is 1. The Morgan fingerprint density at radius 2 is 2.14 bits per heavy atom. The SMILES string of the molecule is CC1CS(=O)(=O)CCN1c1cc2c(cc1Cl)C(N)C(=O)N2. The fourth-order valence-electron chi connectivity index (χ4n) is 2.87. The standard InChI is InChI=1S/C13H16ClN3O3S/c1-7-6-21(19,20)3-2-17(7)11-5-10-8(4-9(11)14)12(15)13(18)16-10/h4-5,7,12H,2-3,6,15H2,1H3,(H,16,18). The van der Waals surface area contributed by atoms with Gasteiger partial charge in [-0.1, -0.05) is 11.6 Å². The van der Waals surface area contributed by atoms with Gasteiger partial charge < -0.3 is 16.0 Å². The molecule has 0 bridgehead atoms. The summed E-state index contributed by atoms with van der Waals surface area (Å²) in [6.45, 7) is 2.24. The van der Waals surface area contributed by atoms with E-state index in [9.17, 15) is 13.2 Å². The molecule has 1 aromatic rings. The maximum Gasteiger partial charge on any atom is 0.245 e. The minimum absolute atomic E-state index is 0.103. The molecule has 0 radical (unpaired) electrons. The predicted octanol–water partition coefficient (Wildman–Crippen LogP) is 0.915. The van der Waals surface area contributed by atoms with Crippen molar-refractivity contribution in [2.45, 2.75) is 19.0 Å². The number of amides is 1. The van der Waals surface area contributed by atoms with Gasteiger partial charge in [0.05, 0.1) is 22.2 Å². The van der Waals surface area contributed by atoms with E-state index in [1.165, 1.54) is 0 Å². The molecule has 2 atom stereocenters. The molecule has 1 aromatic carbocycles. The molecule has 0 spiro atoms. The summed E-state index contributed by atoms with van der Waals surface area (Å²) in [5, 5.41) is 3.20. The van der Waals surface area contributed by atoms with Gasteiger partial charge >= 0.3 is 0 Å². The van der Waals surface area contributed by atoms with Gasteiger partial charge in [0.1, 0.15) is 6.04 Å². The Hall–Kier alpha value is -1.31. The molecule has 6 nitrogen and oxygen atoms in total. The second kappa shape index (κ2) is 4.86. The van der Waals surface area contributed by atoms with Crippen molar-refractivity contribution in [1.82, 2.24) is 0 Å². The Kier molecular flexibility index (Phi) is 3.38. The molecule has 8 heteroatoms. The fraction of sp³-hybridized carbons (Fsp3) is 0.462. The number of benzene rings is 1. The van der Waals surface area contributed by atoms with Gasteiger partial charge in [0.15, 0.2) is 9.84 Å². The summed E-state index contributed by atoms with van der Waals surface area (Å²) in [6, 6.07) is 2.59. The molecule has 2 aliphatic heterocycles. The third-order valence-corrected chi connectivity index (χ3v) is 6.07. The lowest BCUT2D eigenvalue weighted by molar-refractivity contribution is -0.116. The van der Waals surface area contributed by atoms with Crippen LogP contribution in [0.4, 0.5) is 11.4 Å². The average molecular weight is 330 g/mol. The molecule has 2 unspecified atom stereocenters. The average Bonchev–Trinajstić information content (AvgIpc) is 2.64. The summed E-state index contributed by atoms with van der Waals surface area (Å²) in [6.07, 6.45) is 0. The van der Waals surface area contributed by atoms with Crippen molar-refractivity contribution < 1.29 is 13.2 Å². The normalized spacial score (nSPS) is 27.4. The molecular weight excluding hydrogens is 314 g/mol. The zero-order chi connectivity index (χ0) is 15.4. The van der Waals surface area contributed by atoms with Crippen LogP contribution in [0.3, 0.4) is 0 Å². The van der Waals surface area contributed by atoms with Crippen molar-refractivity contribution in [3.63, 3.8) is 0 Å². The smallest absolute Gasteiger partial charge is 0.245 e. The summed E-state index contributed by atoms with van der Waals surface area (Å²) in [4.78, 5) is 13.6. The van der Waals surface area contributed by atoms with Crippen LogP contribution in [-0.2, 0) is 14.6 Å². The lowest BCUT2D eigenvalue weighted by Gasteiger charge is -2.35. The number of fused-ring (bicyclic) bond motifs is 1. The zero-order valence-corrected chi connectivity index (χ0v) is 13.0. The van der Waals surface area contributed by atoms with Gasteiger partial charge in [0.25, 0.3) is 0 Å². The molecule has 3 rings (SSSR count). The second-order valence-electron chi connectivity index (χ2n) is 5.51. The number of halogens is 1. The summed E-state index contributed by atoms with van der Waals surface area (Å²) >= 11 is 6.30. The van der Waals surface area contributed by atoms with Crippen molar-refractivity contribution in [2.24, 2.45) is 5.73 Å². The van der Waals surface area contributed by atoms with Crippen LogP contribution in [0.15, 0.2) is 12.1 Å². The van der Waals surface area contributed by atoms with Crippen LogP contribution in [0.1, 0.15) is 18.5 Å². The Labute approximate surface area is 128 Å². The van der Waals surface area contributed by atoms with Crippen LogP contribution in [0, 0.1) is 0 Å². The van der Waals surface area contributed by atoms with E-state index in [2.05, 4.69) is 5.32 Å². The number of anilines is 2. The summed E-state index contributed by atoms with van der Waals surface area (Å²) < 4.78 is 23.3. The number of carbonyl (C=O) groups is 1. The van der Waals surface area contributed by atoms with Crippen molar-refractivity contribution >= 4 is 38.7 Å². The van der Waals surface area contributed by atoms with Crippen molar-refractivity contribution in [2.75, 3.05) is 28.3 Å². The first-order valence-corrected chi connectivity index (χ1v) is 8.85. The third kappa shape index (κ3) is 2.49. The minimum Gasteiger partial charge on any atom is -0.366 e. The predicted molar refractivity (Wildman–Crippen MR) is 82.5 cm³/mol. The molecule has 114 valence electrons. The van der Waals surface area contributed by atoms with E-state index < -0.39 is 15.9 Å². The fourth-order valence-corrected chi connectivity index (χ4v) is 4.71. The van der Waals surface area contributed by atoms with Gasteiger partial charge in [0, 0.05) is 23.8 Å². The van der Waals surface area contributed by atoms with Crippen molar-refractivity contribution in [3.05, 3.63) is 22.7 Å². The Bertz CT molecular complexity index is 720. The van der Waals surface area contributed by atoms with Gasteiger partial charge in [-0.2, -0.15) is 0 Å². The number of carbonyl (C=O) groups excluding carboxylic acids is 1. The van der Waals surface area contributed by atoms with Crippen LogP contribution in [0.25, 0.3) is 0 Å². The van der Waals surface area contributed by atoms with Crippen molar-refractivity contribution in [1.29, 1.82) is 0 Å². The summed E-state index contributed by atoms with van der Waals surface area (Å²) in [5.74, 6) is -0.0457. The van der Waals surface area contributed by atoms with Crippen LogP contribution < -0.4 is 16.0 Å². The van der Waals surface area contributed by atoms with Crippen molar-refractivity contribution in [3.8, 4) is 0 Å². The largest absolute Gasteiger partial charge is 0.366 e. The highest BCUT2D eigenvalue weighted by molar-refractivity contribution is 7.91. The van der Waals surface area contributed by atoms with Gasteiger partial charge in [-0.3, -0.25) is 4.79 Å². The highest BCUT2D eigenvalue weighted by Crippen LogP contribution is 2.39. The van der Waals surface area contributed by atoms with Crippen LogP contribution >= 0.6 is 11.6 Å². The Morgan fingerprint density at radius 3 is 2.81 bits per heavy atom. The molecule has 0 aromatic heterocycles. The number of nitrogens with zero attached hydrogens (tertiary/aromatic N) is 1. The number of sulfone groups is 1. The molecule has 2 aliphatic rings. The van der Waals surface area contributed by atoms with Crippen LogP contribution in [0.2, 0.25) is 5.02 Å². The monoisotopic (exact) mass is 329 g/mol. The van der Waals surface area contributed by atoms with E-state index in [0.29, 0.717) is 22.8 Å². The lowest BCUT2D eigenvalue weighted by Crippen LogP contribution is -2.47. The quantitative estimate of drug-likeness (QED) is 0.799. The van der Waals surface area contributed by atoms with E-state index in [4.69, 9.17) is 17.3 Å². The number of hydrogen-bond donors (Lipinski definition) is 2. The Morgan fingerprint density at radius 1 is 1.43 bits per heavy atom. The Balaban J connectivity index is 1.98. The zero-order valence-electron chi connectivity index (χ0n) is 11.5. The minimum atomic E-state index is -2.99. The van der Waals surface area contributed by atoms with E-state index in [1.807, 2.05) is 11.8 Å². The number of nitrogens with one attached hydrogen (secondary N) is 1. The van der Waals surface area contributed by atoms with E-state index >= 15 is 0 Å². The number of rotatable bonds is 1. The summed E-state index contributed by atoms with van der Waals surface area (Å²) in [7, 11) is -2.99. The first-order chi connectivity index (χ1) is 9.78. The molecule has 21 heavy (non-hydrogen) atoms. The van der Waals surface area contributed by atoms with Gasteiger partial charge in [-0.25, -0.2) is 8.42 Å². The van der Waals surface area contributed by atoms with Gasteiger partial charge in [-0.05, 0) is 19.1 Å². The molecule has 2 heterocycles. The molecule has 0 saturated carbocycles. The van der Waals surface area contributed by atoms with Gasteiger partial charge in [-0.15, -0.1) is 0 Å². The van der Waals surface area contributed by atoms with E-state index in [0.717, 1.165) is 5.69 Å². The highest BCUT2D eigenvalue weighted by atomic mass is 35.5. The molecule has 0 aliphatic carbocycles. The van der Waals surface area contributed by atoms with Gasteiger partial charge in [0.2, 0.25) is 5.91 Å². The second-order valence-corrected chi connectivity index (χ2v) is 8.15. The van der Waals surface area contributed by atoms with Crippen LogP contribution in [-0.4, -0.2) is 38.4 Å². The highest BCUT2D eigenvalue weighted by Gasteiger charge is 2.32. The first kappa shape index (κ1) is 14.6. The van der Waals surface area contributed by atoms with E-state index in [1.54, 1.807) is 12.1 Å².